The zero-order valence-electron chi connectivity index (χ0n) is 7.22. The molecule has 6 nitrogen and oxygen atoms in total. The molecule has 0 amide bonds. The van der Waals surface area contributed by atoms with E-state index in [0.717, 1.165) is 12.1 Å². The zero-order valence-corrected chi connectivity index (χ0v) is 7.22. The summed E-state index contributed by atoms with van der Waals surface area (Å²) < 4.78 is 4.66. The van der Waals surface area contributed by atoms with E-state index in [0.29, 0.717) is 0 Å². The van der Waals surface area contributed by atoms with Gasteiger partial charge in [-0.15, -0.1) is 0 Å². The molecule has 0 saturated carbocycles. The molecular weight excluding hydrogens is 190 g/mol. The predicted molar refractivity (Wildman–Crippen MR) is 44.7 cm³/mol. The lowest BCUT2D eigenvalue weighted by Crippen LogP contribution is -2.06. The number of carboxylic acids is 2. The van der Waals surface area contributed by atoms with Crippen molar-refractivity contribution in [3.8, 4) is 5.88 Å². The van der Waals surface area contributed by atoms with E-state index in [4.69, 9.17) is 10.2 Å². The van der Waals surface area contributed by atoms with E-state index in [-0.39, 0.29) is 17.1 Å². The summed E-state index contributed by atoms with van der Waals surface area (Å²) in [6, 6.07) is 2.11. The molecule has 0 aromatic carbocycles. The molecule has 1 aromatic rings. The minimum Gasteiger partial charge on any atom is -0.481 e. The second-order valence-corrected chi connectivity index (χ2v) is 2.39. The van der Waals surface area contributed by atoms with Gasteiger partial charge in [-0.25, -0.2) is 14.6 Å². The minimum absolute atomic E-state index is 0.0395. The molecule has 1 rings (SSSR count). The van der Waals surface area contributed by atoms with E-state index in [1.807, 2.05) is 0 Å². The van der Waals surface area contributed by atoms with Crippen molar-refractivity contribution in [1.29, 1.82) is 0 Å². The number of carbonyl (C=O) groups is 2. The highest BCUT2D eigenvalue weighted by molar-refractivity contribution is 5.92. The lowest BCUT2D eigenvalue weighted by Gasteiger charge is -2.01. The highest BCUT2D eigenvalue weighted by Crippen LogP contribution is 2.12. The van der Waals surface area contributed by atoms with Gasteiger partial charge in [0.15, 0.2) is 5.69 Å². The summed E-state index contributed by atoms with van der Waals surface area (Å²) >= 11 is 0. The summed E-state index contributed by atoms with van der Waals surface area (Å²) in [7, 11) is 1.28. The Bertz CT molecular complexity index is 355. The summed E-state index contributed by atoms with van der Waals surface area (Å²) in [5.74, 6) is -2.57. The maximum Gasteiger partial charge on any atom is 0.354 e. The van der Waals surface area contributed by atoms with Crippen molar-refractivity contribution in [2.45, 2.75) is 0 Å². The van der Waals surface area contributed by atoms with Crippen LogP contribution in [0.4, 0.5) is 0 Å². The fourth-order valence-corrected chi connectivity index (χ4v) is 0.843. The van der Waals surface area contributed by atoms with Crippen molar-refractivity contribution in [3.05, 3.63) is 23.4 Å². The number of rotatable bonds is 3. The Morgan fingerprint density at radius 2 is 1.93 bits per heavy atom. The molecule has 0 bridgehead atoms. The number of hydrogen-bond donors (Lipinski definition) is 2. The second kappa shape index (κ2) is 3.73. The molecule has 0 saturated heterocycles. The average Bonchev–Trinajstić information content (AvgIpc) is 2.16. The monoisotopic (exact) mass is 197 g/mol. The van der Waals surface area contributed by atoms with E-state index >= 15 is 0 Å². The normalized spacial score (nSPS) is 9.50. The standard InChI is InChI=1S/C8H7NO5/c1-14-6-3-4(7(10)11)2-5(9-6)8(12)13/h2-3H,1H3,(H,10,11)(H,12,13). The molecular formula is C8H7NO5. The molecule has 0 spiro atoms. The summed E-state index contributed by atoms with van der Waals surface area (Å²) in [5.41, 5.74) is -0.531. The third-order valence-corrected chi connectivity index (χ3v) is 1.48. The largest absolute Gasteiger partial charge is 0.481 e. The van der Waals surface area contributed by atoms with Crippen molar-refractivity contribution in [3.63, 3.8) is 0 Å². The van der Waals surface area contributed by atoms with Gasteiger partial charge in [0.1, 0.15) is 0 Å². The van der Waals surface area contributed by atoms with Crippen molar-refractivity contribution in [2.75, 3.05) is 7.11 Å². The van der Waals surface area contributed by atoms with Crippen molar-refractivity contribution >= 4 is 11.9 Å². The van der Waals surface area contributed by atoms with Gasteiger partial charge in [-0.3, -0.25) is 0 Å². The Hall–Kier alpha value is -2.11. The number of aromatic nitrogens is 1. The smallest absolute Gasteiger partial charge is 0.354 e. The minimum atomic E-state index is -1.30. The average molecular weight is 197 g/mol. The van der Waals surface area contributed by atoms with Crippen LogP contribution < -0.4 is 4.74 Å². The molecule has 0 unspecified atom stereocenters. The summed E-state index contributed by atoms with van der Waals surface area (Å²) in [6.45, 7) is 0. The molecule has 1 aromatic heterocycles. The first kappa shape index (κ1) is 9.97. The van der Waals surface area contributed by atoms with Crippen LogP contribution in [0.1, 0.15) is 20.8 Å². The zero-order chi connectivity index (χ0) is 10.7. The van der Waals surface area contributed by atoms with Gasteiger partial charge in [0.25, 0.3) is 0 Å². The van der Waals surface area contributed by atoms with Gasteiger partial charge in [-0.05, 0) is 6.07 Å². The van der Waals surface area contributed by atoms with E-state index in [1.54, 1.807) is 0 Å². The van der Waals surface area contributed by atoms with Crippen molar-refractivity contribution in [2.24, 2.45) is 0 Å². The molecule has 0 radical (unpaired) electrons. The lowest BCUT2D eigenvalue weighted by atomic mass is 10.2. The number of carboxylic acid groups (broad SMARTS) is 2. The van der Waals surface area contributed by atoms with Crippen molar-refractivity contribution < 1.29 is 24.5 Å². The fraction of sp³-hybridized carbons (Fsp3) is 0.125. The Morgan fingerprint density at radius 1 is 1.29 bits per heavy atom. The molecule has 0 aliphatic rings. The molecule has 1 heterocycles. The molecule has 0 atom stereocenters. The number of methoxy groups -OCH3 is 1. The van der Waals surface area contributed by atoms with Gasteiger partial charge in [-0.2, -0.15) is 0 Å². The predicted octanol–water partition coefficient (Wildman–Crippen LogP) is 0.487. The Morgan fingerprint density at radius 3 is 2.36 bits per heavy atom. The molecule has 0 aliphatic carbocycles. The van der Waals surface area contributed by atoms with E-state index < -0.39 is 11.9 Å². The van der Waals surface area contributed by atoms with Crippen LogP contribution in [0.2, 0.25) is 0 Å². The maximum absolute atomic E-state index is 10.6. The Balaban J connectivity index is 3.27. The van der Waals surface area contributed by atoms with Gasteiger partial charge in [0.05, 0.1) is 12.7 Å². The van der Waals surface area contributed by atoms with Crippen LogP contribution in [0, 0.1) is 0 Å². The number of aromatic carboxylic acids is 2. The van der Waals surface area contributed by atoms with Crippen molar-refractivity contribution in [1.82, 2.24) is 4.98 Å². The maximum atomic E-state index is 10.6. The van der Waals surface area contributed by atoms with Gasteiger partial charge in [0, 0.05) is 6.07 Å². The first-order chi connectivity index (χ1) is 6.54. The topological polar surface area (TPSA) is 96.7 Å². The van der Waals surface area contributed by atoms with Gasteiger partial charge in [0.2, 0.25) is 5.88 Å². The molecule has 6 heteroatoms. The molecule has 74 valence electrons. The van der Waals surface area contributed by atoms with Crippen LogP contribution in [-0.2, 0) is 0 Å². The molecule has 2 N–H and O–H groups in total. The highest BCUT2D eigenvalue weighted by Gasteiger charge is 2.12. The van der Waals surface area contributed by atoms with Gasteiger partial charge < -0.3 is 14.9 Å². The van der Waals surface area contributed by atoms with E-state index in [1.165, 1.54) is 7.11 Å². The van der Waals surface area contributed by atoms with Crippen LogP contribution >= 0.6 is 0 Å². The summed E-state index contributed by atoms with van der Waals surface area (Å²) in [4.78, 5) is 24.6. The SMILES string of the molecule is COc1cc(C(=O)O)cc(C(=O)O)n1. The van der Waals surface area contributed by atoms with Gasteiger partial charge in [-0.1, -0.05) is 0 Å². The van der Waals surface area contributed by atoms with Crippen LogP contribution in [0.5, 0.6) is 5.88 Å². The summed E-state index contributed by atoms with van der Waals surface area (Å²) in [6.07, 6.45) is 0. The van der Waals surface area contributed by atoms with Crippen LogP contribution in [0.3, 0.4) is 0 Å². The fourth-order valence-electron chi connectivity index (χ4n) is 0.843. The lowest BCUT2D eigenvalue weighted by molar-refractivity contribution is 0.0689. The number of pyridine rings is 1. The third-order valence-electron chi connectivity index (χ3n) is 1.48. The highest BCUT2D eigenvalue weighted by atomic mass is 16.5. The number of ether oxygens (including phenoxy) is 1. The number of hydrogen-bond acceptors (Lipinski definition) is 4. The van der Waals surface area contributed by atoms with Crippen LogP contribution in [0.15, 0.2) is 12.1 Å². The van der Waals surface area contributed by atoms with Gasteiger partial charge >= 0.3 is 11.9 Å². The quantitative estimate of drug-likeness (QED) is 0.731. The molecule has 0 fully saturated rings. The first-order valence-electron chi connectivity index (χ1n) is 3.57. The summed E-state index contributed by atoms with van der Waals surface area (Å²) in [5, 5.41) is 17.2. The van der Waals surface area contributed by atoms with Crippen LogP contribution in [-0.4, -0.2) is 34.2 Å². The van der Waals surface area contributed by atoms with Crippen LogP contribution in [0.25, 0.3) is 0 Å². The Kier molecular flexibility index (Phi) is 2.66. The van der Waals surface area contributed by atoms with E-state index in [2.05, 4.69) is 9.72 Å². The Labute approximate surface area is 78.8 Å². The number of nitrogens with zero attached hydrogens (tertiary/aromatic N) is 1. The second-order valence-electron chi connectivity index (χ2n) is 2.39. The first-order valence-corrected chi connectivity index (χ1v) is 3.57. The van der Waals surface area contributed by atoms with E-state index in [9.17, 15) is 9.59 Å². The molecule has 14 heavy (non-hydrogen) atoms. The molecule has 0 aliphatic heterocycles. The third kappa shape index (κ3) is 1.98.